The molecule has 2 heterocycles. The standard InChI is InChI=1S/C14H22N4O2/c1-3-20-14(19)11-4-6-18(7-5-11)10-12-8-17-13(15-2)9-16-12/h8-9,11H,3-7,10H2,1-2H3,(H,15,17). The van der Waals surface area contributed by atoms with Crippen LogP contribution in [0, 0.1) is 5.92 Å². The molecule has 1 saturated heterocycles. The SMILES string of the molecule is CCOC(=O)C1CCN(Cc2cnc(NC)cn2)CC1. The molecule has 110 valence electrons. The third kappa shape index (κ3) is 3.90. The molecule has 0 unspecified atom stereocenters. The van der Waals surface area contributed by atoms with Gasteiger partial charge in [-0.2, -0.15) is 0 Å². The number of nitrogens with zero attached hydrogens (tertiary/aromatic N) is 3. The van der Waals surface area contributed by atoms with Crippen molar-refractivity contribution in [2.45, 2.75) is 26.3 Å². The molecule has 0 radical (unpaired) electrons. The van der Waals surface area contributed by atoms with Crippen LogP contribution in [0.25, 0.3) is 0 Å². The molecule has 20 heavy (non-hydrogen) atoms. The number of ether oxygens (including phenoxy) is 1. The summed E-state index contributed by atoms with van der Waals surface area (Å²) in [4.78, 5) is 22.6. The van der Waals surface area contributed by atoms with Crippen LogP contribution < -0.4 is 5.32 Å². The molecule has 0 aliphatic carbocycles. The van der Waals surface area contributed by atoms with Gasteiger partial charge in [-0.3, -0.25) is 14.7 Å². The van der Waals surface area contributed by atoms with Gasteiger partial charge in [0.1, 0.15) is 5.82 Å². The molecule has 1 fully saturated rings. The van der Waals surface area contributed by atoms with E-state index in [2.05, 4.69) is 20.2 Å². The quantitative estimate of drug-likeness (QED) is 0.819. The highest BCUT2D eigenvalue weighted by Crippen LogP contribution is 2.19. The van der Waals surface area contributed by atoms with E-state index in [0.29, 0.717) is 6.61 Å². The van der Waals surface area contributed by atoms with Crippen LogP contribution >= 0.6 is 0 Å². The molecular formula is C14H22N4O2. The van der Waals surface area contributed by atoms with Crippen LogP contribution in [-0.2, 0) is 16.1 Å². The van der Waals surface area contributed by atoms with Crippen molar-refractivity contribution in [2.24, 2.45) is 5.92 Å². The molecule has 0 spiro atoms. The van der Waals surface area contributed by atoms with Crippen molar-refractivity contribution < 1.29 is 9.53 Å². The summed E-state index contributed by atoms with van der Waals surface area (Å²) in [5.74, 6) is 0.782. The van der Waals surface area contributed by atoms with Crippen LogP contribution in [-0.4, -0.2) is 47.6 Å². The van der Waals surface area contributed by atoms with Crippen molar-refractivity contribution in [2.75, 3.05) is 32.1 Å². The third-order valence-electron chi connectivity index (χ3n) is 3.55. The Labute approximate surface area is 119 Å². The lowest BCUT2D eigenvalue weighted by molar-refractivity contribution is -0.149. The normalized spacial score (nSPS) is 16.9. The van der Waals surface area contributed by atoms with Gasteiger partial charge in [-0.25, -0.2) is 4.98 Å². The molecule has 1 N–H and O–H groups in total. The Bertz CT molecular complexity index is 427. The molecule has 2 rings (SSSR count). The highest BCUT2D eigenvalue weighted by molar-refractivity contribution is 5.72. The molecule has 0 amide bonds. The number of anilines is 1. The summed E-state index contributed by atoms with van der Waals surface area (Å²) in [6.45, 7) is 4.90. The van der Waals surface area contributed by atoms with E-state index in [0.717, 1.165) is 44.0 Å². The Hall–Kier alpha value is -1.69. The van der Waals surface area contributed by atoms with Crippen molar-refractivity contribution in [3.8, 4) is 0 Å². The van der Waals surface area contributed by atoms with E-state index in [1.165, 1.54) is 0 Å². The molecule has 1 aromatic rings. The first-order valence-electron chi connectivity index (χ1n) is 7.10. The van der Waals surface area contributed by atoms with Crippen molar-refractivity contribution in [1.29, 1.82) is 0 Å². The first kappa shape index (κ1) is 14.7. The fourth-order valence-electron chi connectivity index (χ4n) is 2.38. The number of hydrogen-bond acceptors (Lipinski definition) is 6. The van der Waals surface area contributed by atoms with E-state index in [1.54, 1.807) is 12.4 Å². The summed E-state index contributed by atoms with van der Waals surface area (Å²) in [7, 11) is 1.82. The maximum absolute atomic E-state index is 11.7. The Kier molecular flexibility index (Phi) is 5.29. The molecule has 0 atom stereocenters. The minimum atomic E-state index is -0.0506. The Morgan fingerprint density at radius 1 is 1.40 bits per heavy atom. The lowest BCUT2D eigenvalue weighted by Crippen LogP contribution is -2.36. The average molecular weight is 278 g/mol. The van der Waals surface area contributed by atoms with E-state index in [1.807, 2.05) is 14.0 Å². The number of carbonyl (C=O) groups is 1. The zero-order valence-corrected chi connectivity index (χ0v) is 12.1. The van der Waals surface area contributed by atoms with E-state index < -0.39 is 0 Å². The molecule has 1 aromatic heterocycles. The van der Waals surface area contributed by atoms with E-state index in [-0.39, 0.29) is 11.9 Å². The molecule has 6 nitrogen and oxygen atoms in total. The van der Waals surface area contributed by atoms with Crippen LogP contribution in [0.1, 0.15) is 25.5 Å². The largest absolute Gasteiger partial charge is 0.466 e. The van der Waals surface area contributed by atoms with Crippen molar-refractivity contribution in [3.63, 3.8) is 0 Å². The Morgan fingerprint density at radius 2 is 2.15 bits per heavy atom. The van der Waals surface area contributed by atoms with Crippen LogP contribution in [0.2, 0.25) is 0 Å². The van der Waals surface area contributed by atoms with Gasteiger partial charge in [-0.1, -0.05) is 0 Å². The van der Waals surface area contributed by atoms with Crippen molar-refractivity contribution in [1.82, 2.24) is 14.9 Å². The Morgan fingerprint density at radius 3 is 2.70 bits per heavy atom. The lowest BCUT2D eigenvalue weighted by atomic mass is 9.97. The molecule has 0 bridgehead atoms. The third-order valence-corrected chi connectivity index (χ3v) is 3.55. The zero-order valence-electron chi connectivity index (χ0n) is 12.1. The first-order valence-corrected chi connectivity index (χ1v) is 7.10. The van der Waals surface area contributed by atoms with Crippen LogP contribution in [0.5, 0.6) is 0 Å². The molecule has 1 aliphatic rings. The number of carbonyl (C=O) groups excluding carboxylic acids is 1. The summed E-state index contributed by atoms with van der Waals surface area (Å²) >= 11 is 0. The summed E-state index contributed by atoms with van der Waals surface area (Å²) < 4.78 is 5.07. The average Bonchev–Trinajstić information content (AvgIpc) is 2.49. The second kappa shape index (κ2) is 7.19. The number of hydrogen-bond donors (Lipinski definition) is 1. The number of rotatable bonds is 5. The number of likely N-dealkylation sites (tertiary alicyclic amines) is 1. The monoisotopic (exact) mass is 278 g/mol. The molecular weight excluding hydrogens is 256 g/mol. The maximum atomic E-state index is 11.7. The Balaban J connectivity index is 1.80. The number of piperidine rings is 1. The second-order valence-corrected chi connectivity index (χ2v) is 4.95. The topological polar surface area (TPSA) is 67.3 Å². The van der Waals surface area contributed by atoms with Gasteiger partial charge in [0.2, 0.25) is 0 Å². The predicted molar refractivity (Wildman–Crippen MR) is 76.2 cm³/mol. The number of aromatic nitrogens is 2. The van der Waals surface area contributed by atoms with Gasteiger partial charge in [0.15, 0.2) is 0 Å². The van der Waals surface area contributed by atoms with Crippen LogP contribution in [0.3, 0.4) is 0 Å². The van der Waals surface area contributed by atoms with Crippen LogP contribution in [0.4, 0.5) is 5.82 Å². The summed E-state index contributed by atoms with van der Waals surface area (Å²) in [5, 5.41) is 2.95. The first-order chi connectivity index (χ1) is 9.72. The predicted octanol–water partition coefficient (Wildman–Crippen LogP) is 1.29. The number of nitrogens with one attached hydrogen (secondary N) is 1. The fourth-order valence-corrected chi connectivity index (χ4v) is 2.38. The van der Waals surface area contributed by atoms with Crippen molar-refractivity contribution in [3.05, 3.63) is 18.1 Å². The lowest BCUT2D eigenvalue weighted by Gasteiger charge is -2.30. The van der Waals surface area contributed by atoms with Gasteiger partial charge in [0, 0.05) is 13.6 Å². The highest BCUT2D eigenvalue weighted by Gasteiger charge is 2.25. The highest BCUT2D eigenvalue weighted by atomic mass is 16.5. The zero-order chi connectivity index (χ0) is 14.4. The fraction of sp³-hybridized carbons (Fsp3) is 0.643. The van der Waals surface area contributed by atoms with Gasteiger partial charge < -0.3 is 10.1 Å². The van der Waals surface area contributed by atoms with Crippen LogP contribution in [0.15, 0.2) is 12.4 Å². The van der Waals surface area contributed by atoms with E-state index in [9.17, 15) is 4.79 Å². The maximum Gasteiger partial charge on any atom is 0.309 e. The minimum Gasteiger partial charge on any atom is -0.466 e. The molecule has 1 aliphatic heterocycles. The summed E-state index contributed by atoms with van der Waals surface area (Å²) in [6.07, 6.45) is 5.26. The van der Waals surface area contributed by atoms with Gasteiger partial charge in [-0.15, -0.1) is 0 Å². The van der Waals surface area contributed by atoms with Gasteiger partial charge >= 0.3 is 5.97 Å². The van der Waals surface area contributed by atoms with E-state index >= 15 is 0 Å². The van der Waals surface area contributed by atoms with E-state index in [4.69, 9.17) is 4.74 Å². The van der Waals surface area contributed by atoms with Gasteiger partial charge in [0.25, 0.3) is 0 Å². The van der Waals surface area contributed by atoms with Crippen molar-refractivity contribution >= 4 is 11.8 Å². The number of esters is 1. The summed E-state index contributed by atoms with van der Waals surface area (Å²) in [5.41, 5.74) is 0.957. The van der Waals surface area contributed by atoms with Gasteiger partial charge in [0.05, 0.1) is 30.6 Å². The molecule has 0 aromatic carbocycles. The smallest absolute Gasteiger partial charge is 0.309 e. The summed E-state index contributed by atoms with van der Waals surface area (Å²) in [6, 6.07) is 0. The second-order valence-electron chi connectivity index (χ2n) is 4.95. The van der Waals surface area contributed by atoms with Gasteiger partial charge in [-0.05, 0) is 32.9 Å². The molecule has 0 saturated carbocycles. The molecule has 6 heteroatoms. The minimum absolute atomic E-state index is 0.0506.